The first-order valence-corrected chi connectivity index (χ1v) is 9.08. The van der Waals surface area contributed by atoms with Gasteiger partial charge in [-0.3, -0.25) is 9.59 Å². The molecule has 152 valence electrons. The minimum absolute atomic E-state index is 0.0128. The van der Waals surface area contributed by atoms with E-state index in [1.807, 2.05) is 0 Å². The third kappa shape index (κ3) is 3.15. The standard InChI is InChI=1S/C19H20F4N2O3/c1-17(28)5-11(6-17)24-15(26)8-25-9-18(7-14(18)20)13-4-10(19(21,22)23)2-3-12(13)16(25)27/h2-4,11,14,28H,5-9H2,1H3,(H,24,26)/t11?,14-,17?,18-/m1/s1. The molecule has 5 nitrogen and oxygen atoms in total. The van der Waals surface area contributed by atoms with Crippen molar-refractivity contribution in [3.63, 3.8) is 0 Å². The summed E-state index contributed by atoms with van der Waals surface area (Å²) in [5.41, 5.74) is -2.82. The van der Waals surface area contributed by atoms with Crippen LogP contribution in [0.25, 0.3) is 0 Å². The first-order valence-electron chi connectivity index (χ1n) is 9.08. The molecule has 4 rings (SSSR count). The molecular formula is C19H20F4N2O3. The first-order chi connectivity index (χ1) is 12.9. The van der Waals surface area contributed by atoms with Crippen molar-refractivity contribution < 1.29 is 32.3 Å². The van der Waals surface area contributed by atoms with E-state index in [0.717, 1.165) is 18.2 Å². The molecule has 0 aromatic heterocycles. The number of rotatable bonds is 3. The summed E-state index contributed by atoms with van der Waals surface area (Å²) in [4.78, 5) is 26.2. The zero-order chi connectivity index (χ0) is 20.5. The number of fused-ring (bicyclic) bond motifs is 2. The second-order valence-corrected chi connectivity index (χ2v) is 8.42. The zero-order valence-electron chi connectivity index (χ0n) is 15.1. The van der Waals surface area contributed by atoms with Crippen LogP contribution in [-0.4, -0.2) is 52.7 Å². The van der Waals surface area contributed by atoms with E-state index in [-0.39, 0.29) is 36.7 Å². The first kappa shape index (κ1) is 19.2. The maximum atomic E-state index is 14.2. The Kier molecular flexibility index (Phi) is 4.05. The molecule has 0 saturated heterocycles. The lowest BCUT2D eigenvalue weighted by Gasteiger charge is -2.41. The summed E-state index contributed by atoms with van der Waals surface area (Å²) in [5.74, 6) is -1.01. The number of nitrogens with zero attached hydrogens (tertiary/aromatic N) is 1. The fourth-order valence-electron chi connectivity index (χ4n) is 4.37. The normalized spacial score (nSPS) is 34.1. The van der Waals surface area contributed by atoms with Crippen molar-refractivity contribution in [1.29, 1.82) is 0 Å². The maximum absolute atomic E-state index is 14.2. The highest BCUT2D eigenvalue weighted by atomic mass is 19.4. The molecule has 2 saturated carbocycles. The van der Waals surface area contributed by atoms with Crippen LogP contribution in [0.2, 0.25) is 0 Å². The van der Waals surface area contributed by atoms with Gasteiger partial charge in [-0.1, -0.05) is 0 Å². The minimum atomic E-state index is -4.58. The Morgan fingerprint density at radius 1 is 1.32 bits per heavy atom. The van der Waals surface area contributed by atoms with Crippen LogP contribution < -0.4 is 5.32 Å². The molecule has 28 heavy (non-hydrogen) atoms. The van der Waals surface area contributed by atoms with Gasteiger partial charge >= 0.3 is 6.18 Å². The smallest absolute Gasteiger partial charge is 0.390 e. The molecule has 1 aromatic rings. The van der Waals surface area contributed by atoms with Gasteiger partial charge in [0.15, 0.2) is 0 Å². The van der Waals surface area contributed by atoms with Gasteiger partial charge in [-0.2, -0.15) is 13.2 Å². The molecule has 0 radical (unpaired) electrons. The van der Waals surface area contributed by atoms with E-state index < -0.39 is 40.7 Å². The van der Waals surface area contributed by atoms with Crippen molar-refractivity contribution >= 4 is 11.8 Å². The predicted octanol–water partition coefficient (Wildman–Crippen LogP) is 2.17. The summed E-state index contributed by atoms with van der Waals surface area (Å²) in [7, 11) is 0. The third-order valence-corrected chi connectivity index (χ3v) is 5.93. The summed E-state index contributed by atoms with van der Waals surface area (Å²) >= 11 is 0. The number of amides is 2. The second-order valence-electron chi connectivity index (χ2n) is 8.42. The van der Waals surface area contributed by atoms with Gasteiger partial charge in [0.1, 0.15) is 6.17 Å². The van der Waals surface area contributed by atoms with Crippen molar-refractivity contribution in [2.75, 3.05) is 13.1 Å². The molecule has 1 aromatic carbocycles. The van der Waals surface area contributed by atoms with Crippen molar-refractivity contribution in [2.45, 2.75) is 55.6 Å². The van der Waals surface area contributed by atoms with Gasteiger partial charge in [-0.05, 0) is 49.9 Å². The summed E-state index contributed by atoms with van der Waals surface area (Å²) in [6.07, 6.45) is -5.09. The van der Waals surface area contributed by atoms with Gasteiger partial charge in [-0.15, -0.1) is 0 Å². The van der Waals surface area contributed by atoms with Gasteiger partial charge in [-0.25, -0.2) is 4.39 Å². The van der Waals surface area contributed by atoms with Crippen molar-refractivity contribution in [1.82, 2.24) is 10.2 Å². The lowest BCUT2D eigenvalue weighted by Crippen LogP contribution is -2.56. The number of benzene rings is 1. The average molecular weight is 400 g/mol. The van der Waals surface area contributed by atoms with Gasteiger partial charge in [0.05, 0.1) is 17.7 Å². The fraction of sp³-hybridized carbons (Fsp3) is 0.579. The third-order valence-electron chi connectivity index (χ3n) is 5.93. The predicted molar refractivity (Wildman–Crippen MR) is 90.3 cm³/mol. The van der Waals surface area contributed by atoms with E-state index >= 15 is 0 Å². The number of nitrogens with one attached hydrogen (secondary N) is 1. The second kappa shape index (κ2) is 5.92. The highest BCUT2D eigenvalue weighted by molar-refractivity contribution is 6.00. The fourth-order valence-corrected chi connectivity index (χ4v) is 4.37. The molecule has 2 amide bonds. The van der Waals surface area contributed by atoms with Crippen molar-refractivity contribution in [3.8, 4) is 0 Å². The minimum Gasteiger partial charge on any atom is -0.390 e. The monoisotopic (exact) mass is 400 g/mol. The van der Waals surface area contributed by atoms with E-state index in [1.54, 1.807) is 6.92 Å². The molecule has 1 aliphatic heterocycles. The summed E-state index contributed by atoms with van der Waals surface area (Å²) in [5, 5.41) is 12.4. The van der Waals surface area contributed by atoms with Crippen LogP contribution in [0.3, 0.4) is 0 Å². The molecule has 2 fully saturated rings. The van der Waals surface area contributed by atoms with Crippen LogP contribution in [0, 0.1) is 0 Å². The van der Waals surface area contributed by atoms with Crippen LogP contribution in [0.5, 0.6) is 0 Å². The van der Waals surface area contributed by atoms with Crippen LogP contribution in [-0.2, 0) is 16.4 Å². The molecule has 0 unspecified atom stereocenters. The van der Waals surface area contributed by atoms with E-state index in [2.05, 4.69) is 5.32 Å². The molecule has 1 heterocycles. The van der Waals surface area contributed by atoms with Gasteiger partial charge in [0.25, 0.3) is 5.91 Å². The number of hydrogen-bond acceptors (Lipinski definition) is 3. The van der Waals surface area contributed by atoms with Crippen LogP contribution in [0.4, 0.5) is 17.6 Å². The molecule has 0 bridgehead atoms. The molecule has 3 aliphatic rings. The highest BCUT2D eigenvalue weighted by Crippen LogP contribution is 2.55. The van der Waals surface area contributed by atoms with E-state index in [0.29, 0.717) is 12.8 Å². The Labute approximate surface area is 158 Å². The highest BCUT2D eigenvalue weighted by Gasteiger charge is 2.61. The van der Waals surface area contributed by atoms with Gasteiger partial charge in [0.2, 0.25) is 5.91 Å². The Hall–Kier alpha value is -2.16. The molecule has 9 heteroatoms. The number of halogens is 4. The lowest BCUT2D eigenvalue weighted by molar-refractivity contribution is -0.137. The van der Waals surface area contributed by atoms with Crippen LogP contribution >= 0.6 is 0 Å². The Morgan fingerprint density at radius 3 is 2.50 bits per heavy atom. The lowest BCUT2D eigenvalue weighted by atomic mass is 9.77. The van der Waals surface area contributed by atoms with Crippen molar-refractivity contribution in [2.24, 2.45) is 0 Å². The van der Waals surface area contributed by atoms with E-state index in [4.69, 9.17) is 0 Å². The number of carbonyl (C=O) groups excluding carboxylic acids is 2. The summed E-state index contributed by atoms with van der Waals surface area (Å²) < 4.78 is 53.3. The number of alkyl halides is 4. The maximum Gasteiger partial charge on any atom is 0.416 e. The van der Waals surface area contributed by atoms with E-state index in [9.17, 15) is 32.3 Å². The molecule has 2 N–H and O–H groups in total. The number of hydrogen-bond donors (Lipinski definition) is 2. The molecule has 2 atom stereocenters. The number of carbonyl (C=O) groups is 2. The zero-order valence-corrected chi connectivity index (χ0v) is 15.1. The van der Waals surface area contributed by atoms with Gasteiger partial charge in [0, 0.05) is 23.6 Å². The molecule has 2 aliphatic carbocycles. The SMILES string of the molecule is CC1(O)CC(NC(=O)CN2C[C@]3(C[C@H]3F)c3cc(C(F)(F)F)ccc3C2=O)C1. The largest absolute Gasteiger partial charge is 0.416 e. The Balaban J connectivity index is 1.53. The average Bonchev–Trinajstić information content (AvgIpc) is 3.19. The van der Waals surface area contributed by atoms with Gasteiger partial charge < -0.3 is 15.3 Å². The molecule has 1 spiro atoms. The van der Waals surface area contributed by atoms with Crippen LogP contribution in [0.1, 0.15) is 47.7 Å². The Morgan fingerprint density at radius 2 is 1.96 bits per heavy atom. The van der Waals surface area contributed by atoms with E-state index in [1.165, 1.54) is 4.90 Å². The van der Waals surface area contributed by atoms with Crippen LogP contribution in [0.15, 0.2) is 18.2 Å². The van der Waals surface area contributed by atoms with Crippen molar-refractivity contribution in [3.05, 3.63) is 34.9 Å². The topological polar surface area (TPSA) is 69.6 Å². The molecular weight excluding hydrogens is 380 g/mol. The quantitative estimate of drug-likeness (QED) is 0.765. The summed E-state index contributed by atoms with van der Waals surface area (Å²) in [6.45, 7) is 1.23. The Bertz CT molecular complexity index is 846. The number of aliphatic hydroxyl groups is 1. The summed E-state index contributed by atoms with van der Waals surface area (Å²) in [6, 6.07) is 2.55.